The van der Waals surface area contributed by atoms with E-state index in [0.717, 1.165) is 17.2 Å². The molecule has 28 heavy (non-hydrogen) atoms. The van der Waals surface area contributed by atoms with E-state index in [2.05, 4.69) is 9.97 Å². The number of amides is 1. The normalized spacial score (nSPS) is 11.8. The summed E-state index contributed by atoms with van der Waals surface area (Å²) in [5.41, 5.74) is -1.42. The summed E-state index contributed by atoms with van der Waals surface area (Å²) in [6.07, 6.45) is -3.82. The lowest BCUT2D eigenvalue weighted by molar-refractivity contribution is -0.141. The van der Waals surface area contributed by atoms with Crippen LogP contribution in [-0.2, 0) is 17.5 Å². The van der Waals surface area contributed by atoms with Gasteiger partial charge in [-0.1, -0.05) is 17.7 Å². The lowest BCUT2D eigenvalue weighted by atomic mass is 10.2. The Bertz CT molecular complexity index is 865. The van der Waals surface area contributed by atoms with E-state index < -0.39 is 23.6 Å². The first-order valence-corrected chi connectivity index (χ1v) is 8.43. The lowest BCUT2D eigenvalue weighted by Gasteiger charge is -2.27. The van der Waals surface area contributed by atoms with Crippen LogP contribution >= 0.6 is 11.6 Å². The number of halogens is 4. The highest BCUT2D eigenvalue weighted by Gasteiger charge is 2.32. The molecular weight excluding hydrogens is 399 g/mol. The Hall–Kier alpha value is -2.68. The summed E-state index contributed by atoms with van der Waals surface area (Å²) in [4.78, 5) is 32.0. The molecule has 2 aromatic rings. The predicted octanol–water partition coefficient (Wildman–Crippen LogP) is 4.90. The molecule has 0 unspecified atom stereocenters. The fourth-order valence-electron chi connectivity index (χ4n) is 2.10. The van der Waals surface area contributed by atoms with Crippen LogP contribution < -0.4 is 4.90 Å². The monoisotopic (exact) mass is 415 g/mol. The SMILES string of the molecule is CC(C)(C)OC(=O)N(Cc1ccc(C(F)(F)F)nc1)c1ccc(C=O)c(Cl)n1. The summed E-state index contributed by atoms with van der Waals surface area (Å²) >= 11 is 5.93. The van der Waals surface area contributed by atoms with Crippen molar-refractivity contribution in [1.29, 1.82) is 0 Å². The minimum absolute atomic E-state index is 0.0738. The number of hydrogen-bond acceptors (Lipinski definition) is 5. The first-order chi connectivity index (χ1) is 12.9. The van der Waals surface area contributed by atoms with Crippen LogP contribution in [0.5, 0.6) is 0 Å². The Morgan fingerprint density at radius 3 is 2.36 bits per heavy atom. The third kappa shape index (κ3) is 5.66. The third-order valence-electron chi connectivity index (χ3n) is 3.34. The first-order valence-electron chi connectivity index (χ1n) is 8.05. The number of hydrogen-bond donors (Lipinski definition) is 0. The van der Waals surface area contributed by atoms with E-state index in [0.29, 0.717) is 11.8 Å². The summed E-state index contributed by atoms with van der Waals surface area (Å²) < 4.78 is 43.4. The molecule has 6 nitrogen and oxygen atoms in total. The Morgan fingerprint density at radius 2 is 1.89 bits per heavy atom. The van der Waals surface area contributed by atoms with Gasteiger partial charge in [-0.15, -0.1) is 0 Å². The molecule has 0 bridgehead atoms. The van der Waals surface area contributed by atoms with E-state index in [1.807, 2.05) is 0 Å². The van der Waals surface area contributed by atoms with Gasteiger partial charge in [0.2, 0.25) is 0 Å². The van der Waals surface area contributed by atoms with Crippen LogP contribution in [-0.4, -0.2) is 27.9 Å². The van der Waals surface area contributed by atoms with Gasteiger partial charge in [-0.25, -0.2) is 9.78 Å². The molecule has 0 fully saturated rings. The van der Waals surface area contributed by atoms with Crippen molar-refractivity contribution >= 4 is 29.8 Å². The highest BCUT2D eigenvalue weighted by molar-refractivity contribution is 6.31. The van der Waals surface area contributed by atoms with E-state index in [-0.39, 0.29) is 23.1 Å². The highest BCUT2D eigenvalue weighted by Crippen LogP contribution is 2.28. The molecule has 2 heterocycles. The molecule has 0 aliphatic heterocycles. The Morgan fingerprint density at radius 1 is 1.21 bits per heavy atom. The van der Waals surface area contributed by atoms with Crippen molar-refractivity contribution in [2.24, 2.45) is 0 Å². The van der Waals surface area contributed by atoms with Gasteiger partial charge in [-0.3, -0.25) is 14.7 Å². The third-order valence-corrected chi connectivity index (χ3v) is 3.64. The van der Waals surface area contributed by atoms with E-state index in [1.165, 1.54) is 18.2 Å². The van der Waals surface area contributed by atoms with Crippen molar-refractivity contribution in [2.45, 2.75) is 39.1 Å². The minimum atomic E-state index is -4.57. The zero-order chi connectivity index (χ0) is 21.1. The molecule has 150 valence electrons. The number of rotatable bonds is 4. The Balaban J connectivity index is 2.37. The van der Waals surface area contributed by atoms with Crippen LogP contribution in [0.3, 0.4) is 0 Å². The van der Waals surface area contributed by atoms with Gasteiger partial charge >= 0.3 is 12.3 Å². The molecular formula is C18H17ClF3N3O3. The molecule has 2 rings (SSSR count). The summed E-state index contributed by atoms with van der Waals surface area (Å²) in [7, 11) is 0. The summed E-state index contributed by atoms with van der Waals surface area (Å²) in [5.74, 6) is 0.0738. The molecule has 0 N–H and O–H groups in total. The van der Waals surface area contributed by atoms with Crippen LogP contribution in [0.2, 0.25) is 5.15 Å². The number of anilines is 1. The molecule has 0 spiro atoms. The van der Waals surface area contributed by atoms with Crippen LogP contribution in [0, 0.1) is 0 Å². The van der Waals surface area contributed by atoms with E-state index >= 15 is 0 Å². The lowest BCUT2D eigenvalue weighted by Crippen LogP contribution is -2.37. The predicted molar refractivity (Wildman–Crippen MR) is 96.3 cm³/mol. The maximum absolute atomic E-state index is 12.7. The molecule has 0 atom stereocenters. The summed E-state index contributed by atoms with van der Waals surface area (Å²) in [6, 6.07) is 4.78. The van der Waals surface area contributed by atoms with Crippen molar-refractivity contribution in [3.63, 3.8) is 0 Å². The van der Waals surface area contributed by atoms with Gasteiger partial charge in [0.25, 0.3) is 0 Å². The molecule has 10 heteroatoms. The van der Waals surface area contributed by atoms with Crippen LogP contribution in [0.15, 0.2) is 30.5 Å². The number of nitrogens with zero attached hydrogens (tertiary/aromatic N) is 3. The van der Waals surface area contributed by atoms with Gasteiger partial charge in [-0.2, -0.15) is 13.2 Å². The zero-order valence-corrected chi connectivity index (χ0v) is 16.0. The smallest absolute Gasteiger partial charge is 0.433 e. The fourth-order valence-corrected chi connectivity index (χ4v) is 2.29. The van der Waals surface area contributed by atoms with Gasteiger partial charge in [-0.05, 0) is 44.5 Å². The number of pyridine rings is 2. The van der Waals surface area contributed by atoms with E-state index in [1.54, 1.807) is 20.8 Å². The number of carbonyl (C=O) groups is 2. The molecule has 0 saturated carbocycles. The number of aromatic nitrogens is 2. The van der Waals surface area contributed by atoms with Gasteiger partial charge in [0.1, 0.15) is 22.3 Å². The van der Waals surface area contributed by atoms with Crippen LogP contribution in [0.1, 0.15) is 42.4 Å². The summed E-state index contributed by atoms with van der Waals surface area (Å²) in [5, 5.41) is -0.119. The van der Waals surface area contributed by atoms with Crippen molar-refractivity contribution in [3.05, 3.63) is 52.4 Å². The van der Waals surface area contributed by atoms with Crippen molar-refractivity contribution < 1.29 is 27.5 Å². The molecule has 0 aliphatic rings. The van der Waals surface area contributed by atoms with Gasteiger partial charge in [0, 0.05) is 6.20 Å². The van der Waals surface area contributed by atoms with Crippen LogP contribution in [0.25, 0.3) is 0 Å². The maximum atomic E-state index is 12.7. The molecule has 0 radical (unpaired) electrons. The molecule has 1 amide bonds. The van der Waals surface area contributed by atoms with Crippen molar-refractivity contribution in [1.82, 2.24) is 9.97 Å². The highest BCUT2D eigenvalue weighted by atomic mass is 35.5. The zero-order valence-electron chi connectivity index (χ0n) is 15.2. The average Bonchev–Trinajstić information content (AvgIpc) is 2.57. The minimum Gasteiger partial charge on any atom is -0.443 e. The topological polar surface area (TPSA) is 72.4 Å². The molecule has 2 aromatic heterocycles. The first kappa shape index (κ1) is 21.6. The largest absolute Gasteiger partial charge is 0.443 e. The number of alkyl halides is 3. The number of carbonyl (C=O) groups excluding carboxylic acids is 2. The fraction of sp³-hybridized carbons (Fsp3) is 0.333. The van der Waals surface area contributed by atoms with Gasteiger partial charge in [0.15, 0.2) is 6.29 Å². The molecule has 0 saturated heterocycles. The number of aldehydes is 1. The van der Waals surface area contributed by atoms with Crippen molar-refractivity contribution in [2.75, 3.05) is 4.90 Å². The second-order valence-electron chi connectivity index (χ2n) is 6.78. The standard InChI is InChI=1S/C18H17ClF3N3O3/c1-17(2,3)28-16(27)25(14-7-5-12(10-26)15(19)24-14)9-11-4-6-13(23-8-11)18(20,21)22/h4-8,10H,9H2,1-3H3. The molecule has 0 aromatic carbocycles. The van der Waals surface area contributed by atoms with Gasteiger partial charge < -0.3 is 4.74 Å². The van der Waals surface area contributed by atoms with E-state index in [9.17, 15) is 22.8 Å². The van der Waals surface area contributed by atoms with E-state index in [4.69, 9.17) is 16.3 Å². The maximum Gasteiger partial charge on any atom is 0.433 e. The second kappa shape index (κ2) is 8.14. The Labute approximate surface area is 164 Å². The van der Waals surface area contributed by atoms with Crippen LogP contribution in [0.4, 0.5) is 23.8 Å². The van der Waals surface area contributed by atoms with Gasteiger partial charge in [0.05, 0.1) is 12.1 Å². The second-order valence-corrected chi connectivity index (χ2v) is 7.14. The average molecular weight is 416 g/mol. The molecule has 0 aliphatic carbocycles. The quantitative estimate of drug-likeness (QED) is 0.524. The van der Waals surface area contributed by atoms with Crippen molar-refractivity contribution in [3.8, 4) is 0 Å². The number of ether oxygens (including phenoxy) is 1. The summed E-state index contributed by atoms with van der Waals surface area (Å²) in [6.45, 7) is 4.83. The Kier molecular flexibility index (Phi) is 6.28.